The molecule has 1 amide bonds. The molecule has 2 aromatic rings. The molecule has 21 heavy (non-hydrogen) atoms. The van der Waals surface area contributed by atoms with E-state index in [1.54, 1.807) is 24.3 Å². The number of benzene rings is 2. The Bertz CT molecular complexity index is 658. The van der Waals surface area contributed by atoms with Gasteiger partial charge in [0, 0.05) is 22.8 Å². The summed E-state index contributed by atoms with van der Waals surface area (Å²) in [6.45, 7) is -0.204. The number of hydrogen-bond acceptors (Lipinski definition) is 4. The molecule has 0 atom stereocenters. The summed E-state index contributed by atoms with van der Waals surface area (Å²) in [4.78, 5) is 21.7. The van der Waals surface area contributed by atoms with Crippen molar-refractivity contribution in [2.45, 2.75) is 0 Å². The van der Waals surface area contributed by atoms with Crippen LogP contribution in [-0.4, -0.2) is 17.4 Å². The predicted octanol–water partition coefficient (Wildman–Crippen LogP) is 3.27. The zero-order chi connectivity index (χ0) is 15.2. The summed E-state index contributed by atoms with van der Waals surface area (Å²) in [6.07, 6.45) is 0. The molecule has 0 aliphatic carbocycles. The van der Waals surface area contributed by atoms with Crippen LogP contribution in [0.4, 0.5) is 11.4 Å². The highest BCUT2D eigenvalue weighted by molar-refractivity contribution is 6.30. The maximum absolute atomic E-state index is 11.7. The molecular weight excluding hydrogens is 296 g/mol. The summed E-state index contributed by atoms with van der Waals surface area (Å²) >= 11 is 5.80. The molecule has 0 saturated carbocycles. The maximum Gasteiger partial charge on any atom is 0.269 e. The highest BCUT2D eigenvalue weighted by Crippen LogP contribution is 2.18. The third-order valence-electron chi connectivity index (χ3n) is 2.53. The van der Waals surface area contributed by atoms with Gasteiger partial charge >= 0.3 is 0 Å². The number of carbonyl (C=O) groups is 1. The number of ether oxygens (including phenoxy) is 1. The SMILES string of the molecule is O=C(COc1ccc([N+](=O)[O-])cc1)Nc1cccc(Cl)c1. The number of anilines is 1. The van der Waals surface area contributed by atoms with Crippen LogP contribution in [0.5, 0.6) is 5.75 Å². The van der Waals surface area contributed by atoms with Gasteiger partial charge in [-0.3, -0.25) is 14.9 Å². The summed E-state index contributed by atoms with van der Waals surface area (Å²) in [7, 11) is 0. The molecule has 0 aliphatic rings. The van der Waals surface area contributed by atoms with Crippen molar-refractivity contribution in [2.75, 3.05) is 11.9 Å². The molecule has 0 saturated heterocycles. The smallest absolute Gasteiger partial charge is 0.269 e. The molecule has 0 bridgehead atoms. The summed E-state index contributed by atoms with van der Waals surface area (Å²) in [5.74, 6) is 0.0254. The van der Waals surface area contributed by atoms with Crippen LogP contribution in [0.1, 0.15) is 0 Å². The molecule has 0 unspecified atom stereocenters. The molecule has 0 radical (unpaired) electrons. The largest absolute Gasteiger partial charge is 0.484 e. The first-order chi connectivity index (χ1) is 10.0. The van der Waals surface area contributed by atoms with Gasteiger partial charge in [-0.05, 0) is 30.3 Å². The predicted molar refractivity (Wildman–Crippen MR) is 78.7 cm³/mol. The Labute approximate surface area is 125 Å². The molecule has 0 aliphatic heterocycles. The Hall–Kier alpha value is -2.60. The van der Waals surface area contributed by atoms with E-state index in [-0.39, 0.29) is 18.2 Å². The zero-order valence-electron chi connectivity index (χ0n) is 10.8. The van der Waals surface area contributed by atoms with Crippen LogP contribution in [-0.2, 0) is 4.79 Å². The van der Waals surface area contributed by atoms with Crippen LogP contribution in [0.25, 0.3) is 0 Å². The second-order valence-corrected chi connectivity index (χ2v) is 4.53. The number of hydrogen-bond donors (Lipinski definition) is 1. The molecule has 7 heteroatoms. The van der Waals surface area contributed by atoms with Crippen LogP contribution < -0.4 is 10.1 Å². The summed E-state index contributed by atoms with van der Waals surface area (Å²) in [5, 5.41) is 13.6. The Kier molecular flexibility index (Phi) is 4.73. The van der Waals surface area contributed by atoms with Gasteiger partial charge in [-0.1, -0.05) is 17.7 Å². The normalized spacial score (nSPS) is 9.95. The molecule has 0 heterocycles. The standard InChI is InChI=1S/C14H11ClN2O4/c15-10-2-1-3-11(8-10)16-14(18)9-21-13-6-4-12(5-7-13)17(19)20/h1-8H,9H2,(H,16,18). The van der Waals surface area contributed by atoms with Gasteiger partial charge in [0.1, 0.15) is 5.75 Å². The number of amides is 1. The highest BCUT2D eigenvalue weighted by Gasteiger charge is 2.07. The minimum absolute atomic E-state index is 0.0364. The number of carbonyl (C=O) groups excluding carboxylic acids is 1. The van der Waals surface area contributed by atoms with E-state index in [1.807, 2.05) is 0 Å². The number of halogens is 1. The molecule has 0 fully saturated rings. The highest BCUT2D eigenvalue weighted by atomic mass is 35.5. The lowest BCUT2D eigenvalue weighted by Gasteiger charge is -2.07. The van der Waals surface area contributed by atoms with E-state index in [2.05, 4.69) is 5.32 Å². The van der Waals surface area contributed by atoms with Gasteiger partial charge in [0.15, 0.2) is 6.61 Å². The Balaban J connectivity index is 1.87. The van der Waals surface area contributed by atoms with Gasteiger partial charge in [-0.2, -0.15) is 0 Å². The first-order valence-corrected chi connectivity index (χ1v) is 6.35. The molecule has 1 N–H and O–H groups in total. The Morgan fingerprint density at radius 1 is 1.24 bits per heavy atom. The third-order valence-corrected chi connectivity index (χ3v) is 2.76. The number of nitrogens with zero attached hydrogens (tertiary/aromatic N) is 1. The van der Waals surface area contributed by atoms with Gasteiger partial charge in [0.25, 0.3) is 11.6 Å². The minimum Gasteiger partial charge on any atom is -0.484 e. The van der Waals surface area contributed by atoms with Crippen LogP contribution >= 0.6 is 11.6 Å². The van der Waals surface area contributed by atoms with E-state index in [0.29, 0.717) is 16.5 Å². The van der Waals surface area contributed by atoms with Crippen molar-refractivity contribution in [3.05, 3.63) is 63.7 Å². The Morgan fingerprint density at radius 2 is 1.95 bits per heavy atom. The van der Waals surface area contributed by atoms with Crippen LogP contribution in [0.2, 0.25) is 5.02 Å². The van der Waals surface area contributed by atoms with E-state index < -0.39 is 4.92 Å². The minimum atomic E-state index is -0.504. The van der Waals surface area contributed by atoms with E-state index in [9.17, 15) is 14.9 Å². The Morgan fingerprint density at radius 3 is 2.57 bits per heavy atom. The second kappa shape index (κ2) is 6.71. The van der Waals surface area contributed by atoms with E-state index in [4.69, 9.17) is 16.3 Å². The van der Waals surface area contributed by atoms with Crippen molar-refractivity contribution < 1.29 is 14.5 Å². The molecule has 108 valence electrons. The first kappa shape index (κ1) is 14.8. The van der Waals surface area contributed by atoms with Gasteiger partial charge < -0.3 is 10.1 Å². The molecule has 2 rings (SSSR count). The maximum atomic E-state index is 11.7. The lowest BCUT2D eigenvalue weighted by molar-refractivity contribution is -0.384. The number of nitrogens with one attached hydrogen (secondary N) is 1. The lowest BCUT2D eigenvalue weighted by atomic mass is 10.3. The molecule has 6 nitrogen and oxygen atoms in total. The van der Waals surface area contributed by atoms with Gasteiger partial charge in [-0.15, -0.1) is 0 Å². The second-order valence-electron chi connectivity index (χ2n) is 4.10. The monoisotopic (exact) mass is 306 g/mol. The fraction of sp³-hybridized carbons (Fsp3) is 0.0714. The lowest BCUT2D eigenvalue weighted by Crippen LogP contribution is -2.20. The van der Waals surface area contributed by atoms with Gasteiger partial charge in [0.2, 0.25) is 0 Å². The van der Waals surface area contributed by atoms with E-state index >= 15 is 0 Å². The quantitative estimate of drug-likeness (QED) is 0.679. The number of nitro benzene ring substituents is 1. The van der Waals surface area contributed by atoms with E-state index in [0.717, 1.165) is 0 Å². The van der Waals surface area contributed by atoms with Crippen molar-refractivity contribution in [1.82, 2.24) is 0 Å². The molecular formula is C14H11ClN2O4. The van der Waals surface area contributed by atoms with Crippen molar-refractivity contribution in [1.29, 1.82) is 0 Å². The van der Waals surface area contributed by atoms with E-state index in [1.165, 1.54) is 24.3 Å². The fourth-order valence-electron chi connectivity index (χ4n) is 1.58. The number of non-ortho nitro benzene ring substituents is 1. The zero-order valence-corrected chi connectivity index (χ0v) is 11.5. The first-order valence-electron chi connectivity index (χ1n) is 5.97. The molecule has 0 spiro atoms. The van der Waals surface area contributed by atoms with Crippen molar-refractivity contribution in [2.24, 2.45) is 0 Å². The van der Waals surface area contributed by atoms with Gasteiger partial charge in [0.05, 0.1) is 4.92 Å². The van der Waals surface area contributed by atoms with Crippen LogP contribution in [0.3, 0.4) is 0 Å². The number of rotatable bonds is 5. The topological polar surface area (TPSA) is 81.5 Å². The molecule has 2 aromatic carbocycles. The summed E-state index contributed by atoms with van der Waals surface area (Å²) in [6, 6.07) is 12.2. The third kappa shape index (κ3) is 4.47. The summed E-state index contributed by atoms with van der Waals surface area (Å²) in [5.41, 5.74) is 0.533. The number of nitro groups is 1. The van der Waals surface area contributed by atoms with Crippen LogP contribution in [0.15, 0.2) is 48.5 Å². The average molecular weight is 307 g/mol. The summed E-state index contributed by atoms with van der Waals surface area (Å²) < 4.78 is 5.24. The van der Waals surface area contributed by atoms with Crippen molar-refractivity contribution in [3.63, 3.8) is 0 Å². The van der Waals surface area contributed by atoms with Crippen molar-refractivity contribution >= 4 is 28.9 Å². The molecule has 0 aromatic heterocycles. The van der Waals surface area contributed by atoms with Crippen molar-refractivity contribution in [3.8, 4) is 5.75 Å². The fourth-order valence-corrected chi connectivity index (χ4v) is 1.77. The average Bonchev–Trinajstić information content (AvgIpc) is 2.45. The van der Waals surface area contributed by atoms with Crippen LogP contribution in [0, 0.1) is 10.1 Å². The van der Waals surface area contributed by atoms with Gasteiger partial charge in [-0.25, -0.2) is 0 Å².